The number of fused-ring (bicyclic) bond motifs is 1. The summed E-state index contributed by atoms with van der Waals surface area (Å²) in [6.07, 6.45) is 1.14. The number of carbonyl (C=O) groups is 1. The molecule has 4 aromatic rings. The Hall–Kier alpha value is -5.05. The van der Waals surface area contributed by atoms with Crippen molar-refractivity contribution >= 4 is 28.9 Å². The minimum absolute atomic E-state index is 0.175. The fraction of sp³-hybridized carbons (Fsp3) is 0.240. The van der Waals surface area contributed by atoms with E-state index < -0.39 is 12.1 Å². The van der Waals surface area contributed by atoms with Crippen LogP contribution in [0.4, 0.5) is 16.7 Å². The average Bonchev–Trinajstić information content (AvgIpc) is 3.32. The zero-order chi connectivity index (χ0) is 25.9. The van der Waals surface area contributed by atoms with E-state index in [1.54, 1.807) is 38.2 Å². The van der Waals surface area contributed by atoms with E-state index in [1.165, 1.54) is 4.90 Å². The van der Waals surface area contributed by atoms with Crippen LogP contribution in [-0.2, 0) is 11.3 Å². The number of carbonyl (C=O) groups excluding carboxylic acids is 1. The fourth-order valence-corrected chi connectivity index (χ4v) is 3.91. The highest BCUT2D eigenvalue weighted by atomic mass is 16.6. The molecule has 5 rings (SSSR count). The van der Waals surface area contributed by atoms with Gasteiger partial charge in [-0.05, 0) is 38.1 Å². The van der Waals surface area contributed by atoms with E-state index in [0.717, 1.165) is 0 Å². The molecule has 1 aliphatic heterocycles. The van der Waals surface area contributed by atoms with Gasteiger partial charge >= 0.3 is 6.09 Å². The Bertz CT molecular complexity index is 1580. The Kier molecular flexibility index (Phi) is 6.34. The van der Waals surface area contributed by atoms with Gasteiger partial charge in [0, 0.05) is 23.2 Å². The van der Waals surface area contributed by atoms with Crippen LogP contribution in [0.15, 0.2) is 47.4 Å². The molecule has 12 nitrogen and oxygen atoms in total. The zero-order valence-electron chi connectivity index (χ0n) is 20.1. The number of anilines is 2. The lowest BCUT2D eigenvalue weighted by atomic mass is 10.1. The fourth-order valence-electron chi connectivity index (χ4n) is 3.91. The summed E-state index contributed by atoms with van der Waals surface area (Å²) >= 11 is 0. The predicted octanol–water partition coefficient (Wildman–Crippen LogP) is 3.00. The topological polar surface area (TPSA) is 159 Å². The van der Waals surface area contributed by atoms with Gasteiger partial charge in [0.1, 0.15) is 30.9 Å². The summed E-state index contributed by atoms with van der Waals surface area (Å²) in [6, 6.07) is 12.1. The molecule has 186 valence electrons. The molecule has 1 atom stereocenters. The standard InChI is InChI=1S/C25H22N8O4/c1-14(28-23-29-15(2)30-24(32-23)33-7-8-36-25(33)35)19-10-16-9-17(12-26)21(11-20(16)31-22(19)34)37-13-18-5-3-4-6-27-18/h3-6,9-11,14H,7-8,13H2,1-2H3,(H,31,34)(H,28,29,30,32)/t14-/m0/s1. The van der Waals surface area contributed by atoms with Crippen molar-refractivity contribution in [1.29, 1.82) is 5.26 Å². The number of H-pyrrole nitrogens is 1. The van der Waals surface area contributed by atoms with Gasteiger partial charge in [-0.1, -0.05) is 6.07 Å². The summed E-state index contributed by atoms with van der Waals surface area (Å²) in [5.74, 6) is 1.15. The molecular weight excluding hydrogens is 476 g/mol. The second-order valence-corrected chi connectivity index (χ2v) is 8.35. The molecule has 0 bridgehead atoms. The van der Waals surface area contributed by atoms with Crippen LogP contribution in [0.3, 0.4) is 0 Å². The summed E-state index contributed by atoms with van der Waals surface area (Å²) in [7, 11) is 0. The second-order valence-electron chi connectivity index (χ2n) is 8.35. The molecule has 0 saturated carbocycles. The molecule has 0 aliphatic carbocycles. The highest BCUT2D eigenvalue weighted by Crippen LogP contribution is 2.27. The SMILES string of the molecule is Cc1nc(N[C@@H](C)c2cc3cc(C#N)c(OCc4ccccn4)cc3[nH]c2=O)nc(N2CCOC2=O)n1. The van der Waals surface area contributed by atoms with Crippen molar-refractivity contribution in [1.82, 2.24) is 24.9 Å². The van der Waals surface area contributed by atoms with Gasteiger partial charge in [-0.15, -0.1) is 0 Å². The van der Waals surface area contributed by atoms with Gasteiger partial charge in [0.2, 0.25) is 11.9 Å². The Labute approximate surface area is 210 Å². The molecule has 0 radical (unpaired) electrons. The van der Waals surface area contributed by atoms with E-state index >= 15 is 0 Å². The lowest BCUT2D eigenvalue weighted by Gasteiger charge is -2.17. The summed E-state index contributed by atoms with van der Waals surface area (Å²) in [5, 5.41) is 13.4. The highest BCUT2D eigenvalue weighted by Gasteiger charge is 2.27. The number of nitrogens with zero attached hydrogens (tertiary/aromatic N) is 6. The van der Waals surface area contributed by atoms with Gasteiger partial charge < -0.3 is 19.8 Å². The number of hydrogen-bond donors (Lipinski definition) is 2. The molecule has 0 unspecified atom stereocenters. The van der Waals surface area contributed by atoms with E-state index in [4.69, 9.17) is 9.47 Å². The molecule has 1 aliphatic rings. The van der Waals surface area contributed by atoms with Crippen LogP contribution in [0.1, 0.15) is 35.6 Å². The van der Waals surface area contributed by atoms with Crippen molar-refractivity contribution in [3.05, 3.63) is 75.6 Å². The van der Waals surface area contributed by atoms with E-state index in [1.807, 2.05) is 18.2 Å². The predicted molar refractivity (Wildman–Crippen MR) is 133 cm³/mol. The van der Waals surface area contributed by atoms with Gasteiger partial charge in [-0.25, -0.2) is 9.69 Å². The summed E-state index contributed by atoms with van der Waals surface area (Å²) in [5.41, 5.74) is 1.67. The Balaban J connectivity index is 1.41. The van der Waals surface area contributed by atoms with Gasteiger partial charge in [0.05, 0.1) is 29.4 Å². The first-order chi connectivity index (χ1) is 17.9. The van der Waals surface area contributed by atoms with E-state index in [9.17, 15) is 14.9 Å². The van der Waals surface area contributed by atoms with Crippen molar-refractivity contribution < 1.29 is 14.3 Å². The molecule has 12 heteroatoms. The molecule has 4 heterocycles. The number of cyclic esters (lactones) is 1. The monoisotopic (exact) mass is 498 g/mol. The number of rotatable bonds is 7. The van der Waals surface area contributed by atoms with Crippen molar-refractivity contribution in [2.45, 2.75) is 26.5 Å². The van der Waals surface area contributed by atoms with Crippen molar-refractivity contribution in [3.8, 4) is 11.8 Å². The van der Waals surface area contributed by atoms with Crippen molar-refractivity contribution in [3.63, 3.8) is 0 Å². The molecule has 1 amide bonds. The zero-order valence-corrected chi connectivity index (χ0v) is 20.1. The molecular formula is C25H22N8O4. The number of pyridine rings is 2. The molecule has 1 aromatic carbocycles. The van der Waals surface area contributed by atoms with Crippen LogP contribution in [0.5, 0.6) is 5.75 Å². The Morgan fingerprint density at radius 2 is 2.11 bits per heavy atom. The molecule has 37 heavy (non-hydrogen) atoms. The minimum atomic E-state index is -0.521. The van der Waals surface area contributed by atoms with Gasteiger partial charge in [-0.3, -0.25) is 9.78 Å². The Morgan fingerprint density at radius 3 is 2.84 bits per heavy atom. The van der Waals surface area contributed by atoms with Crippen LogP contribution in [0.25, 0.3) is 10.9 Å². The Morgan fingerprint density at radius 1 is 1.24 bits per heavy atom. The van der Waals surface area contributed by atoms with Crippen LogP contribution in [-0.4, -0.2) is 44.2 Å². The number of aromatic amines is 1. The number of amides is 1. The minimum Gasteiger partial charge on any atom is -0.486 e. The van der Waals surface area contributed by atoms with Crippen LogP contribution in [0.2, 0.25) is 0 Å². The van der Waals surface area contributed by atoms with E-state index in [-0.39, 0.29) is 30.7 Å². The normalized spacial score (nSPS) is 13.8. The van der Waals surface area contributed by atoms with E-state index in [0.29, 0.717) is 45.8 Å². The third kappa shape index (κ3) is 5.01. The molecule has 1 saturated heterocycles. The maximum Gasteiger partial charge on any atom is 0.416 e. The van der Waals surface area contributed by atoms with Gasteiger partial charge in [0.25, 0.3) is 5.56 Å². The van der Waals surface area contributed by atoms with E-state index in [2.05, 4.69) is 36.3 Å². The number of nitriles is 1. The molecule has 2 N–H and O–H groups in total. The third-order valence-electron chi connectivity index (χ3n) is 5.75. The third-order valence-corrected chi connectivity index (χ3v) is 5.75. The van der Waals surface area contributed by atoms with Gasteiger partial charge in [-0.2, -0.15) is 20.2 Å². The largest absolute Gasteiger partial charge is 0.486 e. The summed E-state index contributed by atoms with van der Waals surface area (Å²) < 4.78 is 10.8. The van der Waals surface area contributed by atoms with Crippen molar-refractivity contribution in [2.75, 3.05) is 23.4 Å². The van der Waals surface area contributed by atoms with Gasteiger partial charge in [0.15, 0.2) is 0 Å². The lowest BCUT2D eigenvalue weighted by Crippen LogP contribution is -2.27. The first-order valence-corrected chi connectivity index (χ1v) is 11.5. The maximum absolute atomic E-state index is 13.0. The quantitative estimate of drug-likeness (QED) is 0.388. The number of nitrogens with one attached hydrogen (secondary N) is 2. The second kappa shape index (κ2) is 9.90. The summed E-state index contributed by atoms with van der Waals surface area (Å²) in [4.78, 5) is 46.1. The van der Waals surface area contributed by atoms with Crippen molar-refractivity contribution in [2.24, 2.45) is 0 Å². The van der Waals surface area contributed by atoms with Crippen LogP contribution >= 0.6 is 0 Å². The first-order valence-electron chi connectivity index (χ1n) is 11.5. The van der Waals surface area contributed by atoms with Crippen LogP contribution < -0.4 is 20.5 Å². The highest BCUT2D eigenvalue weighted by molar-refractivity contribution is 5.87. The number of ether oxygens (including phenoxy) is 2. The molecule has 3 aromatic heterocycles. The average molecular weight is 499 g/mol. The summed E-state index contributed by atoms with van der Waals surface area (Å²) in [6.45, 7) is 4.26. The number of aromatic nitrogens is 5. The molecule has 0 spiro atoms. The molecule has 1 fully saturated rings. The van der Waals surface area contributed by atoms with Crippen LogP contribution in [0, 0.1) is 18.3 Å². The lowest BCUT2D eigenvalue weighted by molar-refractivity contribution is 0.181. The smallest absolute Gasteiger partial charge is 0.416 e. The maximum atomic E-state index is 13.0. The first kappa shape index (κ1) is 23.7. The number of benzene rings is 1. The number of aryl methyl sites for hydroxylation is 1. The number of hydrogen-bond acceptors (Lipinski definition) is 10.